The number of halogens is 1. The summed E-state index contributed by atoms with van der Waals surface area (Å²) in [6.07, 6.45) is 3.92. The molecule has 8 heteroatoms. The van der Waals surface area contributed by atoms with Crippen LogP contribution in [0.25, 0.3) is 5.00 Å². The van der Waals surface area contributed by atoms with E-state index in [4.69, 9.17) is 0 Å². The minimum atomic E-state index is -0.338. The summed E-state index contributed by atoms with van der Waals surface area (Å²) in [4.78, 5) is 30.7. The molecule has 0 radical (unpaired) electrons. The highest BCUT2D eigenvalue weighted by Crippen LogP contribution is 2.32. The minimum Gasteiger partial charge on any atom is -0.336 e. The first-order valence-corrected chi connectivity index (χ1v) is 11.0. The van der Waals surface area contributed by atoms with Gasteiger partial charge in [-0.2, -0.15) is 0 Å². The second-order valence-electron chi connectivity index (χ2n) is 7.68. The molecule has 0 saturated carbocycles. The van der Waals surface area contributed by atoms with E-state index in [1.165, 1.54) is 24.3 Å². The number of aromatic nitrogens is 1. The molecule has 2 amide bonds. The first-order chi connectivity index (χ1) is 14.9. The monoisotopic (exact) mass is 440 g/mol. The number of thiophene rings is 1. The molecule has 3 heterocycles. The first-order valence-electron chi connectivity index (χ1n) is 10.2. The number of aryl methyl sites for hydroxylation is 1. The molecule has 4 rings (SSSR count). The van der Waals surface area contributed by atoms with Crippen molar-refractivity contribution < 1.29 is 14.0 Å². The van der Waals surface area contributed by atoms with Crippen LogP contribution in [-0.2, 0) is 4.79 Å². The van der Waals surface area contributed by atoms with Gasteiger partial charge in [-0.3, -0.25) is 14.5 Å². The highest BCUT2D eigenvalue weighted by Gasteiger charge is 2.28. The van der Waals surface area contributed by atoms with E-state index in [0.29, 0.717) is 31.9 Å². The molecule has 0 spiro atoms. The number of piperazine rings is 1. The van der Waals surface area contributed by atoms with Crippen LogP contribution < -0.4 is 5.32 Å². The molecule has 6 nitrogen and oxygen atoms in total. The largest absolute Gasteiger partial charge is 0.336 e. The maximum Gasteiger partial charge on any atom is 0.257 e. The highest BCUT2D eigenvalue weighted by molar-refractivity contribution is 7.15. The molecular weight excluding hydrogens is 415 g/mol. The molecule has 0 aliphatic carbocycles. The summed E-state index contributed by atoms with van der Waals surface area (Å²) in [6, 6.07) is 9.61. The molecule has 1 aromatic carbocycles. The SMILES string of the molecule is Cc1sc(-n2cccc2)c(C(=O)N2CCN(CC(=O)Nc3ccc(F)cc3)CC2)c1C. The van der Waals surface area contributed by atoms with Gasteiger partial charge in [0.1, 0.15) is 10.8 Å². The molecule has 1 saturated heterocycles. The molecule has 1 aliphatic rings. The maximum absolute atomic E-state index is 13.3. The third kappa shape index (κ3) is 4.70. The van der Waals surface area contributed by atoms with Crippen LogP contribution in [-0.4, -0.2) is 58.9 Å². The molecule has 0 atom stereocenters. The number of anilines is 1. The normalized spacial score (nSPS) is 14.6. The van der Waals surface area contributed by atoms with E-state index in [0.717, 1.165) is 21.0 Å². The fourth-order valence-corrected chi connectivity index (χ4v) is 4.83. The number of carbonyl (C=O) groups is 2. The van der Waals surface area contributed by atoms with Gasteiger partial charge in [0, 0.05) is 49.1 Å². The summed E-state index contributed by atoms with van der Waals surface area (Å²) in [7, 11) is 0. The molecule has 1 N–H and O–H groups in total. The molecule has 1 fully saturated rings. The zero-order valence-electron chi connectivity index (χ0n) is 17.6. The number of nitrogens with zero attached hydrogens (tertiary/aromatic N) is 3. The van der Waals surface area contributed by atoms with E-state index in [1.54, 1.807) is 11.3 Å². The topological polar surface area (TPSA) is 57.6 Å². The summed E-state index contributed by atoms with van der Waals surface area (Å²) in [6.45, 7) is 6.69. The van der Waals surface area contributed by atoms with Gasteiger partial charge < -0.3 is 14.8 Å². The number of hydrogen-bond acceptors (Lipinski definition) is 4. The predicted molar refractivity (Wildman–Crippen MR) is 120 cm³/mol. The molecule has 1 aliphatic heterocycles. The smallest absolute Gasteiger partial charge is 0.257 e. The molecular formula is C23H25FN4O2S. The van der Waals surface area contributed by atoms with Crippen LogP contribution in [0.1, 0.15) is 20.8 Å². The zero-order chi connectivity index (χ0) is 22.0. The van der Waals surface area contributed by atoms with Crippen molar-refractivity contribution in [2.45, 2.75) is 13.8 Å². The summed E-state index contributed by atoms with van der Waals surface area (Å²) in [5.41, 5.74) is 2.36. The maximum atomic E-state index is 13.3. The van der Waals surface area contributed by atoms with Crippen LogP contribution in [0.3, 0.4) is 0 Å². The van der Waals surface area contributed by atoms with E-state index in [9.17, 15) is 14.0 Å². The lowest BCUT2D eigenvalue weighted by Gasteiger charge is -2.34. The summed E-state index contributed by atoms with van der Waals surface area (Å²) >= 11 is 1.63. The van der Waals surface area contributed by atoms with Crippen molar-refractivity contribution in [2.24, 2.45) is 0 Å². The van der Waals surface area contributed by atoms with Gasteiger partial charge in [-0.25, -0.2) is 4.39 Å². The number of benzene rings is 1. The van der Waals surface area contributed by atoms with Crippen LogP contribution >= 0.6 is 11.3 Å². The van der Waals surface area contributed by atoms with E-state index < -0.39 is 0 Å². The summed E-state index contributed by atoms with van der Waals surface area (Å²) in [5.74, 6) is -0.443. The zero-order valence-corrected chi connectivity index (χ0v) is 18.4. The number of carbonyl (C=O) groups excluding carboxylic acids is 2. The van der Waals surface area contributed by atoms with E-state index >= 15 is 0 Å². The van der Waals surface area contributed by atoms with E-state index in [2.05, 4.69) is 5.32 Å². The van der Waals surface area contributed by atoms with Gasteiger partial charge in [0.05, 0.1) is 12.1 Å². The Kier molecular flexibility index (Phi) is 6.20. The molecule has 162 valence electrons. The first kappa shape index (κ1) is 21.3. The Morgan fingerprint density at radius 3 is 2.32 bits per heavy atom. The van der Waals surface area contributed by atoms with E-state index in [-0.39, 0.29) is 24.2 Å². The minimum absolute atomic E-state index is 0.0426. The lowest BCUT2D eigenvalue weighted by molar-refractivity contribution is -0.117. The van der Waals surface area contributed by atoms with Crippen LogP contribution in [0, 0.1) is 19.7 Å². The van der Waals surface area contributed by atoms with Crippen molar-refractivity contribution in [3.63, 3.8) is 0 Å². The van der Waals surface area contributed by atoms with Crippen molar-refractivity contribution >= 4 is 28.8 Å². The summed E-state index contributed by atoms with van der Waals surface area (Å²) in [5, 5.41) is 3.73. The lowest BCUT2D eigenvalue weighted by Crippen LogP contribution is -2.50. The Bertz CT molecular complexity index is 1070. The lowest BCUT2D eigenvalue weighted by atomic mass is 10.1. The van der Waals surface area contributed by atoms with Crippen molar-refractivity contribution in [1.29, 1.82) is 0 Å². The van der Waals surface area contributed by atoms with Gasteiger partial charge in [-0.15, -0.1) is 11.3 Å². The Hall–Kier alpha value is -2.97. The summed E-state index contributed by atoms with van der Waals surface area (Å²) < 4.78 is 15.0. The number of nitrogens with one attached hydrogen (secondary N) is 1. The van der Waals surface area contributed by atoms with Crippen LogP contribution in [0.15, 0.2) is 48.8 Å². The molecule has 0 bridgehead atoms. The predicted octanol–water partition coefficient (Wildman–Crippen LogP) is 3.69. The van der Waals surface area contributed by atoms with Crippen molar-refractivity contribution in [1.82, 2.24) is 14.4 Å². The molecule has 31 heavy (non-hydrogen) atoms. The Morgan fingerprint density at radius 1 is 1.03 bits per heavy atom. The van der Waals surface area contributed by atoms with Gasteiger partial charge in [0.2, 0.25) is 5.91 Å². The second-order valence-corrected chi connectivity index (χ2v) is 8.88. The van der Waals surface area contributed by atoms with Crippen molar-refractivity contribution in [3.05, 3.63) is 70.6 Å². The van der Waals surface area contributed by atoms with Gasteiger partial charge in [-0.05, 0) is 55.8 Å². The second kappa shape index (κ2) is 9.03. The molecule has 0 unspecified atom stereocenters. The van der Waals surface area contributed by atoms with Crippen molar-refractivity contribution in [2.75, 3.05) is 38.0 Å². The third-order valence-corrected chi connectivity index (χ3v) is 6.79. The van der Waals surface area contributed by atoms with Crippen LogP contribution in [0.5, 0.6) is 0 Å². The number of amides is 2. The van der Waals surface area contributed by atoms with Crippen LogP contribution in [0.4, 0.5) is 10.1 Å². The molecule has 2 aromatic heterocycles. The quantitative estimate of drug-likeness (QED) is 0.658. The van der Waals surface area contributed by atoms with E-state index in [1.807, 2.05) is 52.7 Å². The highest BCUT2D eigenvalue weighted by atomic mass is 32.1. The fourth-order valence-electron chi connectivity index (χ4n) is 3.72. The van der Waals surface area contributed by atoms with Crippen molar-refractivity contribution in [3.8, 4) is 5.00 Å². The average Bonchev–Trinajstić information content (AvgIpc) is 3.38. The Morgan fingerprint density at radius 2 is 1.68 bits per heavy atom. The van der Waals surface area contributed by atoms with Crippen LogP contribution in [0.2, 0.25) is 0 Å². The van der Waals surface area contributed by atoms with Gasteiger partial charge in [0.25, 0.3) is 5.91 Å². The Balaban J connectivity index is 1.36. The third-order valence-electron chi connectivity index (χ3n) is 5.57. The average molecular weight is 441 g/mol. The number of hydrogen-bond donors (Lipinski definition) is 1. The number of rotatable bonds is 5. The molecule has 3 aromatic rings. The standard InChI is InChI=1S/C23H25FN4O2S/c1-16-17(2)31-23(28-9-3-4-10-28)21(16)22(30)27-13-11-26(12-14-27)15-20(29)25-19-7-5-18(24)6-8-19/h3-10H,11-15H2,1-2H3,(H,25,29). The Labute approximate surface area is 184 Å². The van der Waals surface area contributed by atoms with Gasteiger partial charge in [-0.1, -0.05) is 0 Å². The van der Waals surface area contributed by atoms with Gasteiger partial charge in [0.15, 0.2) is 0 Å². The van der Waals surface area contributed by atoms with Gasteiger partial charge >= 0.3 is 0 Å². The fraction of sp³-hybridized carbons (Fsp3) is 0.304.